The highest BCUT2D eigenvalue weighted by Crippen LogP contribution is 2.41. The predicted molar refractivity (Wildman–Crippen MR) is 107 cm³/mol. The Morgan fingerprint density at radius 1 is 1.29 bits per heavy atom. The largest absolute Gasteiger partial charge is 0.368 e. The smallest absolute Gasteiger partial charge is 0.251 e. The Bertz CT molecular complexity index is 1050. The molecule has 0 radical (unpaired) electrons. The van der Waals surface area contributed by atoms with Crippen LogP contribution in [-0.2, 0) is 10.0 Å². The monoisotopic (exact) mass is 404 g/mol. The Kier molecular flexibility index (Phi) is 4.62. The minimum atomic E-state index is -3.36. The minimum absolute atomic E-state index is 0.0944. The summed E-state index contributed by atoms with van der Waals surface area (Å²) in [6.07, 6.45) is 2.03. The van der Waals surface area contributed by atoms with E-state index in [0.717, 1.165) is 36.4 Å². The van der Waals surface area contributed by atoms with Crippen LogP contribution in [0.1, 0.15) is 29.8 Å². The van der Waals surface area contributed by atoms with E-state index in [0.29, 0.717) is 6.54 Å². The molecule has 4 rings (SSSR count). The first kappa shape index (κ1) is 18.9. The third-order valence-corrected chi connectivity index (χ3v) is 6.23. The van der Waals surface area contributed by atoms with Gasteiger partial charge in [-0.3, -0.25) is 4.79 Å². The van der Waals surface area contributed by atoms with Crippen LogP contribution in [0.3, 0.4) is 0 Å². The van der Waals surface area contributed by atoms with Crippen LogP contribution in [0.5, 0.6) is 0 Å². The molecular formula is C18H24N6O3S. The van der Waals surface area contributed by atoms with Gasteiger partial charge in [-0.05, 0) is 25.3 Å². The van der Waals surface area contributed by atoms with Crippen molar-refractivity contribution in [3.63, 3.8) is 0 Å². The van der Waals surface area contributed by atoms with Crippen molar-refractivity contribution in [3.05, 3.63) is 46.0 Å². The number of aryl methyl sites for hydroxylation is 1. The zero-order chi connectivity index (χ0) is 20.1. The number of hydrogen-bond acceptors (Lipinski definition) is 7. The van der Waals surface area contributed by atoms with Crippen LogP contribution in [0.4, 0.5) is 11.8 Å². The Morgan fingerprint density at radius 3 is 2.79 bits per heavy atom. The lowest BCUT2D eigenvalue weighted by Gasteiger charge is -2.47. The fourth-order valence-corrected chi connectivity index (χ4v) is 4.94. The summed E-state index contributed by atoms with van der Waals surface area (Å²) >= 11 is 0. The molecule has 2 aromatic rings. The molecule has 1 fully saturated rings. The summed E-state index contributed by atoms with van der Waals surface area (Å²) in [5.74, 6) is 1.27. The second kappa shape index (κ2) is 6.85. The fourth-order valence-electron chi connectivity index (χ4n) is 4.46. The van der Waals surface area contributed by atoms with Crippen molar-refractivity contribution in [2.75, 3.05) is 36.5 Å². The standard InChI is InChI=1S/C18H24N6O3S/c1-11-6-16(22-18(19)21-11)23-9-12-7-13(10-23)15(8-20-28(2,26)27)24-14(12)4-3-5-17(24)25/h3-6,12-13,15,20H,7-10H2,1-2H3,(H2,19,21,22)/t12-,13+,15+/m1/s1. The maximum absolute atomic E-state index is 12.6. The number of fused-ring (bicyclic) bond motifs is 4. The van der Waals surface area contributed by atoms with Gasteiger partial charge in [0.25, 0.3) is 5.56 Å². The van der Waals surface area contributed by atoms with Crippen molar-refractivity contribution in [1.82, 2.24) is 19.3 Å². The molecule has 2 aliphatic rings. The molecule has 2 bridgehead atoms. The maximum Gasteiger partial charge on any atom is 0.251 e. The van der Waals surface area contributed by atoms with Crippen molar-refractivity contribution < 1.29 is 8.42 Å². The number of pyridine rings is 1. The molecule has 2 aromatic heterocycles. The average molecular weight is 404 g/mol. The van der Waals surface area contributed by atoms with E-state index in [2.05, 4.69) is 19.6 Å². The van der Waals surface area contributed by atoms with E-state index in [1.165, 1.54) is 6.07 Å². The van der Waals surface area contributed by atoms with Crippen LogP contribution < -0.4 is 20.9 Å². The zero-order valence-electron chi connectivity index (χ0n) is 15.9. The molecule has 150 valence electrons. The van der Waals surface area contributed by atoms with Crippen molar-refractivity contribution in [2.45, 2.75) is 25.3 Å². The zero-order valence-corrected chi connectivity index (χ0v) is 16.7. The van der Waals surface area contributed by atoms with E-state index in [1.807, 2.05) is 19.1 Å². The molecule has 0 spiro atoms. The molecule has 10 heteroatoms. The first-order chi connectivity index (χ1) is 13.2. The Hall–Kier alpha value is -2.46. The summed E-state index contributed by atoms with van der Waals surface area (Å²) < 4.78 is 27.7. The highest BCUT2D eigenvalue weighted by Gasteiger charge is 2.41. The Morgan fingerprint density at radius 2 is 2.07 bits per heavy atom. The molecular weight excluding hydrogens is 380 g/mol. The van der Waals surface area contributed by atoms with Crippen LogP contribution >= 0.6 is 0 Å². The van der Waals surface area contributed by atoms with Gasteiger partial charge in [0.2, 0.25) is 16.0 Å². The lowest BCUT2D eigenvalue weighted by Crippen LogP contribution is -2.52. The Balaban J connectivity index is 1.73. The number of nitrogens with zero attached hydrogens (tertiary/aromatic N) is 4. The number of anilines is 2. The third-order valence-electron chi connectivity index (χ3n) is 5.54. The first-order valence-electron chi connectivity index (χ1n) is 9.23. The van der Waals surface area contributed by atoms with Gasteiger partial charge in [-0.15, -0.1) is 0 Å². The topological polar surface area (TPSA) is 123 Å². The van der Waals surface area contributed by atoms with Gasteiger partial charge in [0.15, 0.2) is 0 Å². The number of sulfonamides is 1. The molecule has 3 N–H and O–H groups in total. The average Bonchev–Trinajstić information content (AvgIpc) is 2.60. The van der Waals surface area contributed by atoms with E-state index in [4.69, 9.17) is 5.73 Å². The molecule has 0 aliphatic carbocycles. The summed E-state index contributed by atoms with van der Waals surface area (Å²) in [6.45, 7) is 3.46. The van der Waals surface area contributed by atoms with Gasteiger partial charge >= 0.3 is 0 Å². The minimum Gasteiger partial charge on any atom is -0.368 e. The lowest BCUT2D eigenvalue weighted by atomic mass is 9.78. The van der Waals surface area contributed by atoms with Gasteiger partial charge < -0.3 is 15.2 Å². The number of nitrogen functional groups attached to an aromatic ring is 1. The van der Waals surface area contributed by atoms with Gasteiger partial charge in [0.1, 0.15) is 5.82 Å². The van der Waals surface area contributed by atoms with Crippen molar-refractivity contribution >= 4 is 21.8 Å². The van der Waals surface area contributed by atoms with Gasteiger partial charge in [0.05, 0.1) is 12.3 Å². The number of nitrogens with two attached hydrogens (primary N) is 1. The van der Waals surface area contributed by atoms with E-state index in [9.17, 15) is 13.2 Å². The predicted octanol–water partition coefficient (Wildman–Crippen LogP) is 0.243. The molecule has 4 heterocycles. The molecule has 0 aromatic carbocycles. The van der Waals surface area contributed by atoms with Crippen molar-refractivity contribution in [3.8, 4) is 0 Å². The molecule has 0 saturated carbocycles. The molecule has 9 nitrogen and oxygen atoms in total. The molecule has 2 aliphatic heterocycles. The third kappa shape index (κ3) is 3.61. The summed E-state index contributed by atoms with van der Waals surface area (Å²) in [7, 11) is -3.36. The Labute approximate surface area is 163 Å². The molecule has 3 atom stereocenters. The number of hydrogen-bond donors (Lipinski definition) is 2. The van der Waals surface area contributed by atoms with E-state index < -0.39 is 10.0 Å². The first-order valence-corrected chi connectivity index (χ1v) is 11.1. The number of piperidine rings is 1. The van der Waals surface area contributed by atoms with Gasteiger partial charge in [-0.1, -0.05) is 6.07 Å². The highest BCUT2D eigenvalue weighted by atomic mass is 32.2. The normalized spacial score (nSPS) is 24.1. The summed E-state index contributed by atoms with van der Waals surface area (Å²) in [5.41, 5.74) is 7.47. The highest BCUT2D eigenvalue weighted by molar-refractivity contribution is 7.88. The van der Waals surface area contributed by atoms with E-state index in [-0.39, 0.29) is 35.9 Å². The van der Waals surface area contributed by atoms with Gasteiger partial charge in [0, 0.05) is 49.1 Å². The van der Waals surface area contributed by atoms with Crippen LogP contribution in [0, 0.1) is 12.8 Å². The van der Waals surface area contributed by atoms with Crippen LogP contribution in [0.2, 0.25) is 0 Å². The van der Waals surface area contributed by atoms with E-state index >= 15 is 0 Å². The number of aromatic nitrogens is 3. The fraction of sp³-hybridized carbons (Fsp3) is 0.500. The van der Waals surface area contributed by atoms with Crippen LogP contribution in [0.25, 0.3) is 0 Å². The SMILES string of the molecule is Cc1cc(N2C[C@H]3C[C@@H](C2)[C@H](CNS(C)(=O)=O)n2c3cccc2=O)nc(N)n1. The molecule has 1 saturated heterocycles. The van der Waals surface area contributed by atoms with E-state index in [1.54, 1.807) is 10.6 Å². The van der Waals surface area contributed by atoms with Crippen molar-refractivity contribution in [1.29, 1.82) is 0 Å². The number of nitrogens with one attached hydrogen (secondary N) is 1. The van der Waals surface area contributed by atoms with Gasteiger partial charge in [-0.25, -0.2) is 18.1 Å². The maximum atomic E-state index is 12.6. The van der Waals surface area contributed by atoms with Crippen LogP contribution in [0.15, 0.2) is 29.1 Å². The van der Waals surface area contributed by atoms with Gasteiger partial charge in [-0.2, -0.15) is 4.98 Å². The quantitative estimate of drug-likeness (QED) is 0.748. The summed E-state index contributed by atoms with van der Waals surface area (Å²) in [6, 6.07) is 6.90. The summed E-state index contributed by atoms with van der Waals surface area (Å²) in [5, 5.41) is 0. The second-order valence-electron chi connectivity index (χ2n) is 7.67. The number of rotatable bonds is 4. The van der Waals surface area contributed by atoms with Crippen LogP contribution in [-0.4, -0.2) is 48.8 Å². The van der Waals surface area contributed by atoms with Crippen molar-refractivity contribution in [2.24, 2.45) is 5.92 Å². The molecule has 0 unspecified atom stereocenters. The second-order valence-corrected chi connectivity index (χ2v) is 9.50. The molecule has 0 amide bonds. The summed E-state index contributed by atoms with van der Waals surface area (Å²) in [4.78, 5) is 23.3. The molecule has 28 heavy (non-hydrogen) atoms. The lowest BCUT2D eigenvalue weighted by molar-refractivity contribution is 0.213.